The molecule has 4 nitrogen and oxygen atoms in total. The topological polar surface area (TPSA) is 55.5 Å². The Kier molecular flexibility index (Phi) is 1.80. The maximum Gasteiger partial charge on any atom is 0.307 e. The summed E-state index contributed by atoms with van der Waals surface area (Å²) in [6.07, 6.45) is 3.04. The molecule has 0 aromatic heterocycles. The zero-order valence-corrected chi connectivity index (χ0v) is 5.65. The van der Waals surface area contributed by atoms with Crippen LogP contribution < -0.4 is 0 Å². The van der Waals surface area contributed by atoms with E-state index in [4.69, 9.17) is 0 Å². The summed E-state index contributed by atoms with van der Waals surface area (Å²) in [4.78, 5) is 13.5. The number of dihydropyridines is 1. The van der Waals surface area contributed by atoms with Gasteiger partial charge < -0.3 is 0 Å². The summed E-state index contributed by atoms with van der Waals surface area (Å²) >= 11 is 0. The quantitative estimate of drug-likeness (QED) is 0.403. The second kappa shape index (κ2) is 2.60. The van der Waals surface area contributed by atoms with Gasteiger partial charge >= 0.3 is 6.17 Å². The van der Waals surface area contributed by atoms with E-state index in [1.165, 1.54) is 6.21 Å². The Bertz CT molecular complexity index is 208. The Labute approximate surface area is 58.4 Å². The van der Waals surface area contributed by atoms with Crippen LogP contribution in [-0.2, 0) is 0 Å². The minimum atomic E-state index is -0.747. The average molecular weight is 140 g/mol. The van der Waals surface area contributed by atoms with E-state index in [0.29, 0.717) is 6.42 Å². The fourth-order valence-corrected chi connectivity index (χ4v) is 0.749. The fourth-order valence-electron chi connectivity index (χ4n) is 0.749. The van der Waals surface area contributed by atoms with Crippen LogP contribution in [-0.4, -0.2) is 17.3 Å². The van der Waals surface area contributed by atoms with Crippen molar-refractivity contribution in [3.05, 3.63) is 21.8 Å². The standard InChI is InChI=1S/C6H8N2O2/c1-5-2-3-6(7-4-5)8(9)10/h2,4,6H,3H2,1H3. The smallest absolute Gasteiger partial charge is 0.262 e. The lowest BCUT2D eigenvalue weighted by Gasteiger charge is -2.05. The second-order valence-electron chi connectivity index (χ2n) is 2.23. The Morgan fingerprint density at radius 1 is 1.90 bits per heavy atom. The van der Waals surface area contributed by atoms with E-state index in [1.807, 2.05) is 13.0 Å². The summed E-state index contributed by atoms with van der Waals surface area (Å²) in [6, 6.07) is 0. The molecule has 0 amide bonds. The Morgan fingerprint density at radius 2 is 2.60 bits per heavy atom. The lowest BCUT2D eigenvalue weighted by molar-refractivity contribution is -0.519. The summed E-state index contributed by atoms with van der Waals surface area (Å²) in [7, 11) is 0. The number of hydrogen-bond acceptors (Lipinski definition) is 3. The van der Waals surface area contributed by atoms with Crippen molar-refractivity contribution in [1.82, 2.24) is 0 Å². The normalized spacial score (nSPS) is 24.1. The van der Waals surface area contributed by atoms with Crippen molar-refractivity contribution in [3.63, 3.8) is 0 Å². The number of rotatable bonds is 1. The Hall–Kier alpha value is -1.19. The molecule has 0 bridgehead atoms. The molecular formula is C6H8N2O2. The van der Waals surface area contributed by atoms with Gasteiger partial charge in [0.05, 0.1) is 6.42 Å². The molecule has 1 heterocycles. The summed E-state index contributed by atoms with van der Waals surface area (Å²) in [6.45, 7) is 1.87. The molecule has 0 radical (unpaired) electrons. The molecule has 1 atom stereocenters. The maximum atomic E-state index is 10.1. The van der Waals surface area contributed by atoms with Crippen LogP contribution in [0.15, 0.2) is 16.6 Å². The first-order valence-corrected chi connectivity index (χ1v) is 3.03. The van der Waals surface area contributed by atoms with E-state index in [1.54, 1.807) is 0 Å². The molecule has 0 aromatic rings. The van der Waals surface area contributed by atoms with Crippen LogP contribution in [0.2, 0.25) is 0 Å². The molecule has 0 fully saturated rings. The fraction of sp³-hybridized carbons (Fsp3) is 0.500. The van der Waals surface area contributed by atoms with E-state index < -0.39 is 6.17 Å². The Morgan fingerprint density at radius 3 is 3.00 bits per heavy atom. The molecule has 0 aromatic carbocycles. The van der Waals surface area contributed by atoms with Crippen molar-refractivity contribution in [3.8, 4) is 0 Å². The lowest BCUT2D eigenvalue weighted by atomic mass is 10.2. The van der Waals surface area contributed by atoms with Gasteiger partial charge in [0, 0.05) is 11.1 Å². The second-order valence-corrected chi connectivity index (χ2v) is 2.23. The molecule has 54 valence electrons. The third kappa shape index (κ3) is 1.40. The predicted octanol–water partition coefficient (Wildman–Crippen LogP) is 1.01. The first kappa shape index (κ1) is 6.92. The third-order valence-electron chi connectivity index (χ3n) is 1.34. The van der Waals surface area contributed by atoms with Crippen molar-refractivity contribution in [2.75, 3.05) is 0 Å². The third-order valence-corrected chi connectivity index (χ3v) is 1.34. The van der Waals surface area contributed by atoms with Crippen LogP contribution in [0.3, 0.4) is 0 Å². The van der Waals surface area contributed by atoms with Crippen molar-refractivity contribution < 1.29 is 4.92 Å². The summed E-state index contributed by atoms with van der Waals surface area (Å²) in [5.41, 5.74) is 0.998. The first-order chi connectivity index (χ1) is 4.70. The molecular weight excluding hydrogens is 132 g/mol. The largest absolute Gasteiger partial charge is 0.307 e. The molecule has 0 N–H and O–H groups in total. The van der Waals surface area contributed by atoms with Gasteiger partial charge in [0.2, 0.25) is 0 Å². The molecule has 0 saturated heterocycles. The summed E-state index contributed by atoms with van der Waals surface area (Å²) in [5.74, 6) is 0. The van der Waals surface area contributed by atoms with Gasteiger partial charge in [-0.1, -0.05) is 6.08 Å². The molecule has 0 aliphatic carbocycles. The minimum Gasteiger partial charge on any atom is -0.262 e. The van der Waals surface area contributed by atoms with E-state index in [0.717, 1.165) is 5.57 Å². The first-order valence-electron chi connectivity index (χ1n) is 3.03. The SMILES string of the molecule is CC1=CCC([N+](=O)[O-])N=C1. The van der Waals surface area contributed by atoms with Gasteiger partial charge in [-0.25, -0.2) is 4.99 Å². The van der Waals surface area contributed by atoms with Gasteiger partial charge in [-0.3, -0.25) is 10.1 Å². The highest BCUT2D eigenvalue weighted by molar-refractivity contribution is 5.78. The molecule has 1 aliphatic heterocycles. The number of allylic oxidation sites excluding steroid dienone is 1. The van der Waals surface area contributed by atoms with E-state index in [-0.39, 0.29) is 4.92 Å². The van der Waals surface area contributed by atoms with Crippen molar-refractivity contribution in [2.24, 2.45) is 4.99 Å². The highest BCUT2D eigenvalue weighted by atomic mass is 16.6. The predicted molar refractivity (Wildman–Crippen MR) is 37.6 cm³/mol. The van der Waals surface area contributed by atoms with E-state index in [9.17, 15) is 10.1 Å². The van der Waals surface area contributed by atoms with E-state index >= 15 is 0 Å². The highest BCUT2D eigenvalue weighted by Crippen LogP contribution is 2.07. The van der Waals surface area contributed by atoms with Crippen LogP contribution >= 0.6 is 0 Å². The molecule has 4 heteroatoms. The molecule has 1 unspecified atom stereocenters. The lowest BCUT2D eigenvalue weighted by Crippen LogP contribution is -2.18. The van der Waals surface area contributed by atoms with Crippen molar-refractivity contribution >= 4 is 6.21 Å². The molecule has 1 aliphatic rings. The van der Waals surface area contributed by atoms with E-state index in [2.05, 4.69) is 4.99 Å². The van der Waals surface area contributed by atoms with Gasteiger partial charge in [0.1, 0.15) is 0 Å². The van der Waals surface area contributed by atoms with Crippen molar-refractivity contribution in [2.45, 2.75) is 19.5 Å². The molecule has 0 saturated carbocycles. The monoisotopic (exact) mass is 140 g/mol. The molecule has 1 rings (SSSR count). The van der Waals surface area contributed by atoms with Crippen LogP contribution in [0.25, 0.3) is 0 Å². The van der Waals surface area contributed by atoms with Gasteiger partial charge in [0.25, 0.3) is 0 Å². The summed E-state index contributed by atoms with van der Waals surface area (Å²) in [5, 5.41) is 10.1. The van der Waals surface area contributed by atoms with Crippen molar-refractivity contribution in [1.29, 1.82) is 0 Å². The van der Waals surface area contributed by atoms with Gasteiger partial charge in [-0.2, -0.15) is 0 Å². The summed E-state index contributed by atoms with van der Waals surface area (Å²) < 4.78 is 0. The average Bonchev–Trinajstić information content (AvgIpc) is 1.88. The van der Waals surface area contributed by atoms with Crippen LogP contribution in [0.5, 0.6) is 0 Å². The number of nitrogens with zero attached hydrogens (tertiary/aromatic N) is 2. The van der Waals surface area contributed by atoms with Gasteiger partial charge in [0.15, 0.2) is 0 Å². The molecule has 0 spiro atoms. The molecule has 10 heavy (non-hydrogen) atoms. The number of nitro groups is 1. The van der Waals surface area contributed by atoms with Crippen LogP contribution in [0.4, 0.5) is 0 Å². The number of aliphatic imine (C=N–C) groups is 1. The van der Waals surface area contributed by atoms with Gasteiger partial charge in [-0.15, -0.1) is 0 Å². The number of hydrogen-bond donors (Lipinski definition) is 0. The van der Waals surface area contributed by atoms with Crippen LogP contribution in [0.1, 0.15) is 13.3 Å². The Balaban J connectivity index is 2.60. The minimum absolute atomic E-state index is 0.376. The van der Waals surface area contributed by atoms with Crippen LogP contribution in [0, 0.1) is 10.1 Å². The zero-order valence-electron chi connectivity index (χ0n) is 5.65. The maximum absolute atomic E-state index is 10.1. The van der Waals surface area contributed by atoms with Gasteiger partial charge in [-0.05, 0) is 12.5 Å². The highest BCUT2D eigenvalue weighted by Gasteiger charge is 2.17. The zero-order chi connectivity index (χ0) is 7.56.